The van der Waals surface area contributed by atoms with Gasteiger partial charge in [0.2, 0.25) is 0 Å². The first-order valence-electron chi connectivity index (χ1n) is 8.26. The molecule has 136 valence electrons. The van der Waals surface area contributed by atoms with Crippen molar-refractivity contribution in [2.75, 3.05) is 31.2 Å². The van der Waals surface area contributed by atoms with Gasteiger partial charge in [-0.15, -0.1) is 0 Å². The molecule has 6 heteroatoms. The number of ether oxygens (including phenoxy) is 1. The average Bonchev–Trinajstić information content (AvgIpc) is 2.66. The highest BCUT2D eigenvalue weighted by Gasteiger charge is 2.30. The van der Waals surface area contributed by atoms with Crippen molar-refractivity contribution < 1.29 is 22.7 Å². The monoisotopic (exact) mass is 361 g/mol. The quantitative estimate of drug-likeness (QED) is 0.596. The van der Waals surface area contributed by atoms with Crippen molar-refractivity contribution in [3.63, 3.8) is 0 Å². The number of halogens is 3. The van der Waals surface area contributed by atoms with E-state index >= 15 is 0 Å². The van der Waals surface area contributed by atoms with Gasteiger partial charge in [0.1, 0.15) is 0 Å². The van der Waals surface area contributed by atoms with Gasteiger partial charge in [-0.1, -0.05) is 18.2 Å². The molecule has 3 rings (SSSR count). The minimum atomic E-state index is -4.40. The Bertz CT molecular complexity index is 791. The molecule has 1 aliphatic heterocycles. The first kappa shape index (κ1) is 18.2. The lowest BCUT2D eigenvalue weighted by Gasteiger charge is -2.28. The number of carbonyl (C=O) groups is 1. The lowest BCUT2D eigenvalue weighted by molar-refractivity contribution is -0.137. The zero-order valence-electron chi connectivity index (χ0n) is 14.0. The first-order valence-corrected chi connectivity index (χ1v) is 8.26. The van der Waals surface area contributed by atoms with Gasteiger partial charge in [-0.05, 0) is 48.0 Å². The second-order valence-electron chi connectivity index (χ2n) is 5.97. The Morgan fingerprint density at radius 3 is 2.38 bits per heavy atom. The number of rotatable bonds is 4. The maximum Gasteiger partial charge on any atom is 0.416 e. The Labute approximate surface area is 149 Å². The summed E-state index contributed by atoms with van der Waals surface area (Å²) >= 11 is 0. The van der Waals surface area contributed by atoms with Gasteiger partial charge in [-0.3, -0.25) is 4.79 Å². The van der Waals surface area contributed by atoms with Crippen LogP contribution in [0.2, 0.25) is 0 Å². The molecule has 2 aromatic rings. The zero-order valence-corrected chi connectivity index (χ0v) is 14.0. The van der Waals surface area contributed by atoms with Crippen LogP contribution in [0.25, 0.3) is 6.08 Å². The second kappa shape index (κ2) is 7.74. The Kier molecular flexibility index (Phi) is 5.42. The van der Waals surface area contributed by atoms with E-state index in [0.29, 0.717) is 24.3 Å². The first-order chi connectivity index (χ1) is 12.4. The van der Waals surface area contributed by atoms with Gasteiger partial charge in [-0.2, -0.15) is 13.2 Å². The molecule has 1 fully saturated rings. The Hall–Kier alpha value is -2.60. The molecule has 2 aromatic carbocycles. The number of morpholine rings is 1. The smallest absolute Gasteiger partial charge is 0.378 e. The third kappa shape index (κ3) is 4.52. The van der Waals surface area contributed by atoms with Gasteiger partial charge in [-0.25, -0.2) is 0 Å². The van der Waals surface area contributed by atoms with E-state index in [9.17, 15) is 18.0 Å². The number of anilines is 1. The van der Waals surface area contributed by atoms with E-state index in [0.717, 1.165) is 30.9 Å². The van der Waals surface area contributed by atoms with Crippen LogP contribution in [0.1, 0.15) is 21.5 Å². The van der Waals surface area contributed by atoms with E-state index in [1.807, 2.05) is 12.1 Å². The van der Waals surface area contributed by atoms with E-state index in [1.54, 1.807) is 12.1 Å². The summed E-state index contributed by atoms with van der Waals surface area (Å²) < 4.78 is 43.5. The van der Waals surface area contributed by atoms with E-state index in [-0.39, 0.29) is 5.78 Å². The molecule has 1 saturated heterocycles. The number of hydrogen-bond acceptors (Lipinski definition) is 3. The van der Waals surface area contributed by atoms with Crippen molar-refractivity contribution in [1.29, 1.82) is 0 Å². The number of carbonyl (C=O) groups excluding carboxylic acids is 1. The van der Waals surface area contributed by atoms with Gasteiger partial charge in [0.25, 0.3) is 0 Å². The van der Waals surface area contributed by atoms with Gasteiger partial charge in [0.05, 0.1) is 18.8 Å². The van der Waals surface area contributed by atoms with Gasteiger partial charge >= 0.3 is 6.18 Å². The summed E-state index contributed by atoms with van der Waals surface area (Å²) in [7, 11) is 0. The Morgan fingerprint density at radius 1 is 1.04 bits per heavy atom. The summed E-state index contributed by atoms with van der Waals surface area (Å²) in [5.41, 5.74) is 1.11. The van der Waals surface area contributed by atoms with Crippen molar-refractivity contribution in [1.82, 2.24) is 0 Å². The lowest BCUT2D eigenvalue weighted by Crippen LogP contribution is -2.36. The van der Waals surface area contributed by atoms with Gasteiger partial charge in [0, 0.05) is 24.3 Å². The van der Waals surface area contributed by atoms with Crippen molar-refractivity contribution in [3.05, 3.63) is 71.3 Å². The number of benzene rings is 2. The van der Waals surface area contributed by atoms with Crippen molar-refractivity contribution in [2.24, 2.45) is 0 Å². The van der Waals surface area contributed by atoms with Crippen LogP contribution in [0.4, 0.5) is 18.9 Å². The topological polar surface area (TPSA) is 29.5 Å². The van der Waals surface area contributed by atoms with Gasteiger partial charge < -0.3 is 9.64 Å². The number of nitrogens with zero attached hydrogens (tertiary/aromatic N) is 1. The van der Waals surface area contributed by atoms with Crippen LogP contribution in [0.15, 0.2) is 54.6 Å². The molecule has 3 nitrogen and oxygen atoms in total. The zero-order chi connectivity index (χ0) is 18.6. The van der Waals surface area contributed by atoms with Crippen molar-refractivity contribution in [3.8, 4) is 0 Å². The molecule has 0 spiro atoms. The minimum absolute atomic E-state index is 0.254. The van der Waals surface area contributed by atoms with Crippen LogP contribution in [-0.4, -0.2) is 32.1 Å². The molecule has 0 bridgehead atoms. The van der Waals surface area contributed by atoms with E-state index in [2.05, 4.69) is 4.90 Å². The van der Waals surface area contributed by atoms with E-state index < -0.39 is 11.7 Å². The lowest BCUT2D eigenvalue weighted by atomic mass is 10.1. The summed E-state index contributed by atoms with van der Waals surface area (Å²) in [5.74, 6) is -0.254. The molecule has 0 N–H and O–H groups in total. The average molecular weight is 361 g/mol. The number of hydrogen-bond donors (Lipinski definition) is 0. The molecule has 0 aromatic heterocycles. The summed E-state index contributed by atoms with van der Waals surface area (Å²) in [4.78, 5) is 14.4. The normalized spacial score (nSPS) is 15.4. The maximum absolute atomic E-state index is 12.7. The van der Waals surface area contributed by atoms with Crippen LogP contribution in [0.5, 0.6) is 0 Å². The molecule has 0 radical (unpaired) electrons. The summed E-state index contributed by atoms with van der Waals surface area (Å²) in [6, 6.07) is 12.1. The van der Waals surface area contributed by atoms with Crippen molar-refractivity contribution in [2.45, 2.75) is 6.18 Å². The largest absolute Gasteiger partial charge is 0.416 e. The summed E-state index contributed by atoms with van der Waals surface area (Å²) in [5, 5.41) is 0. The molecular weight excluding hydrogens is 343 g/mol. The number of allylic oxidation sites excluding steroid dienone is 1. The van der Waals surface area contributed by atoms with E-state index in [1.165, 1.54) is 24.3 Å². The molecule has 26 heavy (non-hydrogen) atoms. The van der Waals surface area contributed by atoms with Crippen LogP contribution in [0, 0.1) is 0 Å². The predicted molar refractivity (Wildman–Crippen MR) is 94.3 cm³/mol. The molecule has 0 aliphatic carbocycles. The molecule has 0 atom stereocenters. The molecule has 1 heterocycles. The third-order valence-electron chi connectivity index (χ3n) is 4.17. The van der Waals surface area contributed by atoms with Crippen LogP contribution in [-0.2, 0) is 10.9 Å². The van der Waals surface area contributed by atoms with Crippen molar-refractivity contribution >= 4 is 17.5 Å². The van der Waals surface area contributed by atoms with Crippen LogP contribution in [0.3, 0.4) is 0 Å². The van der Waals surface area contributed by atoms with Crippen LogP contribution >= 0.6 is 0 Å². The third-order valence-corrected chi connectivity index (χ3v) is 4.17. The summed E-state index contributed by atoms with van der Waals surface area (Å²) in [6.45, 7) is 2.98. The molecule has 0 saturated carbocycles. The number of alkyl halides is 3. The molecule has 0 unspecified atom stereocenters. The highest BCUT2D eigenvalue weighted by molar-refractivity contribution is 6.07. The van der Waals surface area contributed by atoms with E-state index in [4.69, 9.17) is 4.74 Å². The molecular formula is C20H18F3NO2. The molecule has 0 amide bonds. The highest BCUT2D eigenvalue weighted by atomic mass is 19.4. The maximum atomic E-state index is 12.7. The van der Waals surface area contributed by atoms with Gasteiger partial charge in [0.15, 0.2) is 5.78 Å². The predicted octanol–water partition coefficient (Wildman–Crippen LogP) is 4.44. The fourth-order valence-corrected chi connectivity index (χ4v) is 2.74. The Morgan fingerprint density at radius 2 is 1.73 bits per heavy atom. The fraction of sp³-hybridized carbons (Fsp3) is 0.250. The minimum Gasteiger partial charge on any atom is -0.378 e. The highest BCUT2D eigenvalue weighted by Crippen LogP contribution is 2.29. The van der Waals surface area contributed by atoms with Crippen LogP contribution < -0.4 is 4.90 Å². The standard InChI is InChI=1S/C20H18F3NO2/c21-20(22,23)17-3-1-2-15(14-17)4-9-19(25)16-5-7-18(8-6-16)24-10-12-26-13-11-24/h1-9,14H,10-13H2/b9-4+. The second-order valence-corrected chi connectivity index (χ2v) is 5.97. The number of ketones is 1. The Balaban J connectivity index is 1.69. The molecule has 1 aliphatic rings. The summed E-state index contributed by atoms with van der Waals surface area (Å²) in [6.07, 6.45) is -1.71. The fourth-order valence-electron chi connectivity index (χ4n) is 2.74. The SMILES string of the molecule is O=C(/C=C/c1cccc(C(F)(F)F)c1)c1ccc(N2CCOCC2)cc1.